The Morgan fingerprint density at radius 2 is 2.56 bits per heavy atom. The molecule has 2 heteroatoms. The molecular formula is C7H9NO. The van der Waals surface area contributed by atoms with Crippen molar-refractivity contribution >= 4 is 0 Å². The summed E-state index contributed by atoms with van der Waals surface area (Å²) in [7, 11) is 0. The second-order valence-corrected chi connectivity index (χ2v) is 1.84. The van der Waals surface area contributed by atoms with Crippen LogP contribution in [0.1, 0.15) is 0 Å². The molecule has 0 bridgehead atoms. The molecule has 1 aliphatic rings. The average molecular weight is 123 g/mol. The van der Waals surface area contributed by atoms with E-state index in [1.807, 2.05) is 12.2 Å². The van der Waals surface area contributed by atoms with Crippen molar-refractivity contribution in [3.05, 3.63) is 36.3 Å². The quantitative estimate of drug-likeness (QED) is 0.512. The summed E-state index contributed by atoms with van der Waals surface area (Å²) in [5, 5.41) is 11.8. The topological polar surface area (TPSA) is 32.3 Å². The van der Waals surface area contributed by atoms with Crippen LogP contribution in [0.3, 0.4) is 0 Å². The van der Waals surface area contributed by atoms with Gasteiger partial charge in [0.15, 0.2) is 0 Å². The lowest BCUT2D eigenvalue weighted by Gasteiger charge is -2.08. The normalized spacial score (nSPS) is 16.2. The molecule has 9 heavy (non-hydrogen) atoms. The standard InChI is InChI=1S/C7H9NO/c1-6(9)7-4-2-3-5-8-7/h2-4,8-9H,1,5H2. The van der Waals surface area contributed by atoms with Crippen LogP contribution in [-0.2, 0) is 0 Å². The molecule has 0 amide bonds. The minimum absolute atomic E-state index is 0.0966. The van der Waals surface area contributed by atoms with Gasteiger partial charge in [-0.2, -0.15) is 0 Å². The third-order valence-corrected chi connectivity index (χ3v) is 1.12. The maximum Gasteiger partial charge on any atom is 0.131 e. The zero-order valence-electron chi connectivity index (χ0n) is 5.09. The van der Waals surface area contributed by atoms with E-state index in [1.165, 1.54) is 0 Å². The number of allylic oxidation sites excluding steroid dienone is 2. The lowest BCUT2D eigenvalue weighted by atomic mass is 10.3. The number of hydrogen-bond donors (Lipinski definition) is 2. The van der Waals surface area contributed by atoms with Crippen LogP contribution in [0.2, 0.25) is 0 Å². The largest absolute Gasteiger partial charge is 0.506 e. The van der Waals surface area contributed by atoms with Crippen molar-refractivity contribution in [1.82, 2.24) is 5.32 Å². The summed E-state index contributed by atoms with van der Waals surface area (Å²) in [5.74, 6) is 0.0966. The number of nitrogens with one attached hydrogen (secondary N) is 1. The van der Waals surface area contributed by atoms with E-state index < -0.39 is 0 Å². The SMILES string of the molecule is C=C(O)C1=CC=CCN1. The highest BCUT2D eigenvalue weighted by atomic mass is 16.3. The van der Waals surface area contributed by atoms with Crippen LogP contribution in [0.25, 0.3) is 0 Å². The van der Waals surface area contributed by atoms with E-state index in [0.717, 1.165) is 6.54 Å². The van der Waals surface area contributed by atoms with Gasteiger partial charge >= 0.3 is 0 Å². The molecule has 0 fully saturated rings. The minimum Gasteiger partial charge on any atom is -0.506 e. The van der Waals surface area contributed by atoms with E-state index in [9.17, 15) is 0 Å². The molecule has 0 spiro atoms. The van der Waals surface area contributed by atoms with Crippen LogP contribution in [0.15, 0.2) is 36.3 Å². The fourth-order valence-electron chi connectivity index (χ4n) is 0.658. The highest BCUT2D eigenvalue weighted by Crippen LogP contribution is 2.02. The zero-order chi connectivity index (χ0) is 6.69. The Bertz CT molecular complexity index is 179. The Balaban J connectivity index is 2.68. The number of dihydropyridines is 1. The molecule has 2 nitrogen and oxygen atoms in total. The molecule has 0 unspecified atom stereocenters. The first-order valence-electron chi connectivity index (χ1n) is 2.79. The summed E-state index contributed by atoms with van der Waals surface area (Å²) >= 11 is 0. The van der Waals surface area contributed by atoms with Crippen molar-refractivity contribution in [2.75, 3.05) is 6.54 Å². The van der Waals surface area contributed by atoms with E-state index >= 15 is 0 Å². The summed E-state index contributed by atoms with van der Waals surface area (Å²) in [5.41, 5.74) is 0.706. The molecule has 0 aromatic rings. The maximum atomic E-state index is 8.82. The molecule has 2 N–H and O–H groups in total. The van der Waals surface area contributed by atoms with Crippen molar-refractivity contribution in [2.24, 2.45) is 0 Å². The van der Waals surface area contributed by atoms with E-state index in [4.69, 9.17) is 5.11 Å². The maximum absolute atomic E-state index is 8.82. The monoisotopic (exact) mass is 123 g/mol. The zero-order valence-corrected chi connectivity index (χ0v) is 5.09. The second kappa shape index (κ2) is 2.40. The molecule has 1 rings (SSSR count). The molecule has 1 heterocycles. The molecule has 0 atom stereocenters. The van der Waals surface area contributed by atoms with Gasteiger partial charge in [0.1, 0.15) is 5.76 Å². The fraction of sp³-hybridized carbons (Fsp3) is 0.143. The van der Waals surface area contributed by atoms with E-state index in [-0.39, 0.29) is 5.76 Å². The van der Waals surface area contributed by atoms with Crippen LogP contribution >= 0.6 is 0 Å². The Kier molecular flexibility index (Phi) is 1.58. The van der Waals surface area contributed by atoms with Gasteiger partial charge in [0.25, 0.3) is 0 Å². The van der Waals surface area contributed by atoms with Gasteiger partial charge in [0.2, 0.25) is 0 Å². The first kappa shape index (κ1) is 5.95. The van der Waals surface area contributed by atoms with Gasteiger partial charge in [-0.15, -0.1) is 0 Å². The molecule has 0 radical (unpaired) electrons. The van der Waals surface area contributed by atoms with Gasteiger partial charge in [-0.25, -0.2) is 0 Å². The van der Waals surface area contributed by atoms with E-state index in [2.05, 4.69) is 11.9 Å². The third kappa shape index (κ3) is 1.35. The molecular weight excluding hydrogens is 114 g/mol. The first-order chi connectivity index (χ1) is 4.30. The molecule has 0 aromatic carbocycles. The summed E-state index contributed by atoms with van der Waals surface area (Å²) in [6.07, 6.45) is 5.63. The number of aliphatic hydroxyl groups is 1. The summed E-state index contributed by atoms with van der Waals surface area (Å²) < 4.78 is 0. The Labute approximate surface area is 54.2 Å². The average Bonchev–Trinajstić information content (AvgIpc) is 1.90. The Hall–Kier alpha value is -1.18. The van der Waals surface area contributed by atoms with Crippen LogP contribution in [0, 0.1) is 0 Å². The highest BCUT2D eigenvalue weighted by Gasteiger charge is 1.98. The van der Waals surface area contributed by atoms with Crippen LogP contribution < -0.4 is 5.32 Å². The first-order valence-corrected chi connectivity index (χ1v) is 2.79. The van der Waals surface area contributed by atoms with Gasteiger partial charge < -0.3 is 10.4 Å². The Morgan fingerprint density at radius 1 is 1.78 bits per heavy atom. The molecule has 0 aromatic heterocycles. The van der Waals surface area contributed by atoms with Gasteiger partial charge in [-0.05, 0) is 6.08 Å². The number of aliphatic hydroxyl groups excluding tert-OH is 1. The van der Waals surface area contributed by atoms with Crippen molar-refractivity contribution < 1.29 is 5.11 Å². The van der Waals surface area contributed by atoms with Gasteiger partial charge in [-0.1, -0.05) is 18.7 Å². The van der Waals surface area contributed by atoms with Gasteiger partial charge in [0.05, 0.1) is 5.70 Å². The van der Waals surface area contributed by atoms with E-state index in [0.29, 0.717) is 5.70 Å². The summed E-state index contributed by atoms with van der Waals surface area (Å²) in [4.78, 5) is 0. The smallest absolute Gasteiger partial charge is 0.131 e. The fourth-order valence-corrected chi connectivity index (χ4v) is 0.658. The summed E-state index contributed by atoms with van der Waals surface area (Å²) in [6, 6.07) is 0. The predicted molar refractivity (Wildman–Crippen MR) is 37.0 cm³/mol. The molecule has 1 aliphatic heterocycles. The molecule has 0 saturated carbocycles. The molecule has 0 aliphatic carbocycles. The van der Waals surface area contributed by atoms with E-state index in [1.54, 1.807) is 6.08 Å². The lowest BCUT2D eigenvalue weighted by molar-refractivity contribution is 0.417. The molecule has 48 valence electrons. The predicted octanol–water partition coefficient (Wildman–Crippen LogP) is 1.10. The number of hydrogen-bond acceptors (Lipinski definition) is 2. The Morgan fingerprint density at radius 3 is 2.89 bits per heavy atom. The second-order valence-electron chi connectivity index (χ2n) is 1.84. The minimum atomic E-state index is 0.0966. The van der Waals surface area contributed by atoms with Crippen LogP contribution in [-0.4, -0.2) is 11.7 Å². The van der Waals surface area contributed by atoms with Crippen molar-refractivity contribution in [2.45, 2.75) is 0 Å². The van der Waals surface area contributed by atoms with Crippen molar-refractivity contribution in [3.63, 3.8) is 0 Å². The third-order valence-electron chi connectivity index (χ3n) is 1.12. The highest BCUT2D eigenvalue weighted by molar-refractivity contribution is 5.28. The molecule has 0 saturated heterocycles. The van der Waals surface area contributed by atoms with Gasteiger partial charge in [-0.3, -0.25) is 0 Å². The van der Waals surface area contributed by atoms with Crippen molar-refractivity contribution in [1.29, 1.82) is 0 Å². The van der Waals surface area contributed by atoms with Crippen LogP contribution in [0.5, 0.6) is 0 Å². The summed E-state index contributed by atoms with van der Waals surface area (Å²) in [6.45, 7) is 4.14. The lowest BCUT2D eigenvalue weighted by Crippen LogP contribution is -2.16. The number of rotatable bonds is 1. The van der Waals surface area contributed by atoms with Gasteiger partial charge in [0, 0.05) is 6.54 Å². The van der Waals surface area contributed by atoms with Crippen molar-refractivity contribution in [3.8, 4) is 0 Å². The van der Waals surface area contributed by atoms with Crippen LogP contribution in [0.4, 0.5) is 0 Å².